The van der Waals surface area contributed by atoms with Gasteiger partial charge in [-0.05, 0) is 38.1 Å². The topological polar surface area (TPSA) is 78.0 Å². The van der Waals surface area contributed by atoms with Crippen molar-refractivity contribution >= 4 is 29.1 Å². The van der Waals surface area contributed by atoms with Gasteiger partial charge in [0.15, 0.2) is 5.82 Å². The van der Waals surface area contributed by atoms with E-state index in [1.165, 1.54) is 4.90 Å². The Bertz CT molecular complexity index is 842. The molecule has 0 fully saturated rings. The lowest BCUT2D eigenvalue weighted by atomic mass is 10.2. The number of amides is 3. The van der Waals surface area contributed by atoms with Crippen LogP contribution in [0.25, 0.3) is 0 Å². The van der Waals surface area contributed by atoms with E-state index in [0.717, 1.165) is 0 Å². The zero-order chi connectivity index (χ0) is 19.4. The second-order valence-electron chi connectivity index (χ2n) is 5.93. The maximum atomic E-state index is 13.0. The molecule has 2 aromatic rings. The normalized spacial score (nSPS) is 13.4. The van der Waals surface area contributed by atoms with E-state index in [1.807, 2.05) is 18.9 Å². The molecule has 3 rings (SSSR count). The first-order chi connectivity index (χ1) is 13.1. The van der Waals surface area contributed by atoms with Gasteiger partial charge in [0, 0.05) is 31.0 Å². The molecule has 0 spiro atoms. The molecule has 1 aliphatic rings. The zero-order valence-corrected chi connectivity index (χ0v) is 15.7. The smallest absolute Gasteiger partial charge is 0.343 e. The molecule has 0 radical (unpaired) electrons. The van der Waals surface area contributed by atoms with Gasteiger partial charge in [0.05, 0.1) is 12.8 Å². The van der Waals surface area contributed by atoms with Crippen LogP contribution in [0.15, 0.2) is 42.6 Å². The highest BCUT2D eigenvalue weighted by Gasteiger charge is 2.36. The van der Waals surface area contributed by atoms with Gasteiger partial charge in [-0.2, -0.15) is 0 Å². The molecule has 0 aliphatic carbocycles. The molecule has 0 saturated carbocycles. The first kappa shape index (κ1) is 18.5. The van der Waals surface area contributed by atoms with Crippen molar-refractivity contribution in [2.24, 2.45) is 0 Å². The number of rotatable bonds is 6. The van der Waals surface area contributed by atoms with Crippen LogP contribution in [0, 0.1) is 0 Å². The van der Waals surface area contributed by atoms with Gasteiger partial charge in [-0.15, -0.1) is 0 Å². The highest BCUT2D eigenvalue weighted by atomic mass is 16.5. The molecule has 3 amide bonds. The predicted molar refractivity (Wildman–Crippen MR) is 104 cm³/mol. The van der Waals surface area contributed by atoms with Crippen LogP contribution < -0.4 is 20.0 Å². The van der Waals surface area contributed by atoms with Crippen LogP contribution in [0.3, 0.4) is 0 Å². The first-order valence-corrected chi connectivity index (χ1v) is 8.84. The lowest BCUT2D eigenvalue weighted by molar-refractivity contribution is -0.114. The third-order valence-corrected chi connectivity index (χ3v) is 4.30. The molecule has 1 N–H and O–H groups in total. The summed E-state index contributed by atoms with van der Waals surface area (Å²) in [7, 11) is 1.57. The van der Waals surface area contributed by atoms with Crippen LogP contribution in [0.5, 0.6) is 5.75 Å². The van der Waals surface area contributed by atoms with Crippen molar-refractivity contribution < 1.29 is 14.3 Å². The Labute approximate surface area is 158 Å². The van der Waals surface area contributed by atoms with E-state index in [-0.39, 0.29) is 18.5 Å². The lowest BCUT2D eigenvalue weighted by Gasteiger charge is -2.43. The molecule has 0 saturated heterocycles. The fraction of sp³-hybridized carbons (Fsp3) is 0.316. The van der Waals surface area contributed by atoms with E-state index in [0.29, 0.717) is 36.0 Å². The number of methoxy groups -OCH3 is 1. The number of hydrogen-bond acceptors (Lipinski definition) is 5. The van der Waals surface area contributed by atoms with Gasteiger partial charge in [-0.25, -0.2) is 14.8 Å². The lowest BCUT2D eigenvalue weighted by Crippen LogP contribution is -2.58. The molecule has 2 heterocycles. The third kappa shape index (κ3) is 3.64. The summed E-state index contributed by atoms with van der Waals surface area (Å²) < 4.78 is 5.17. The fourth-order valence-corrected chi connectivity index (χ4v) is 3.08. The Morgan fingerprint density at radius 3 is 2.63 bits per heavy atom. The number of nitrogens with one attached hydrogen (secondary N) is 1. The number of anilines is 3. The van der Waals surface area contributed by atoms with Crippen LogP contribution in [0.2, 0.25) is 0 Å². The molecule has 142 valence electrons. The number of benzene rings is 1. The number of carbonyl (C=O) groups excluding carboxylic acids is 2. The van der Waals surface area contributed by atoms with Crippen molar-refractivity contribution in [2.45, 2.75) is 13.8 Å². The molecule has 27 heavy (non-hydrogen) atoms. The summed E-state index contributed by atoms with van der Waals surface area (Å²) in [6.45, 7) is 4.83. The standard InChI is InChI=1S/C19H23N5O3/c1-4-23-18-16(10-7-11-20-18)22(19(26)24(23)5-2)13-17(25)21-14-8-6-9-15(12-14)27-3/h6-12H,4-5,13H2,1-3H3,(H,21,25). The largest absolute Gasteiger partial charge is 0.497 e. The van der Waals surface area contributed by atoms with Crippen molar-refractivity contribution in [3.8, 4) is 5.75 Å². The number of fused-ring (bicyclic) bond motifs is 1. The van der Waals surface area contributed by atoms with Crippen molar-refractivity contribution in [3.63, 3.8) is 0 Å². The van der Waals surface area contributed by atoms with E-state index in [4.69, 9.17) is 4.74 Å². The molecule has 8 heteroatoms. The molecule has 0 bridgehead atoms. The predicted octanol–water partition coefficient (Wildman–Crippen LogP) is 2.73. The molecular formula is C19H23N5O3. The number of pyridine rings is 1. The summed E-state index contributed by atoms with van der Waals surface area (Å²) in [6, 6.07) is 10.4. The number of carbonyl (C=O) groups is 2. The van der Waals surface area contributed by atoms with Crippen LogP contribution in [-0.2, 0) is 4.79 Å². The van der Waals surface area contributed by atoms with Gasteiger partial charge in [0.1, 0.15) is 12.3 Å². The van der Waals surface area contributed by atoms with Crippen LogP contribution in [0.1, 0.15) is 13.8 Å². The Morgan fingerprint density at radius 2 is 1.93 bits per heavy atom. The third-order valence-electron chi connectivity index (χ3n) is 4.30. The Morgan fingerprint density at radius 1 is 1.15 bits per heavy atom. The number of hydrazine groups is 1. The van der Waals surface area contributed by atoms with E-state index in [9.17, 15) is 9.59 Å². The zero-order valence-electron chi connectivity index (χ0n) is 15.7. The Kier molecular flexibility index (Phi) is 5.44. The van der Waals surface area contributed by atoms with Gasteiger partial charge in [-0.1, -0.05) is 6.07 Å². The van der Waals surface area contributed by atoms with Gasteiger partial charge in [0.2, 0.25) is 5.91 Å². The summed E-state index contributed by atoms with van der Waals surface area (Å²) in [5.41, 5.74) is 1.23. The average Bonchev–Trinajstić information content (AvgIpc) is 2.69. The van der Waals surface area contributed by atoms with Gasteiger partial charge >= 0.3 is 6.03 Å². The number of urea groups is 1. The SMILES string of the molecule is CCN1C(=O)N(CC(=O)Nc2cccc(OC)c2)c2cccnc2N1CC. The quantitative estimate of drug-likeness (QED) is 0.847. The monoisotopic (exact) mass is 369 g/mol. The molecular weight excluding hydrogens is 346 g/mol. The number of nitrogens with zero attached hydrogens (tertiary/aromatic N) is 4. The van der Waals surface area contributed by atoms with E-state index < -0.39 is 0 Å². The van der Waals surface area contributed by atoms with E-state index in [1.54, 1.807) is 54.7 Å². The summed E-state index contributed by atoms with van der Waals surface area (Å²) in [4.78, 5) is 31.4. The second-order valence-corrected chi connectivity index (χ2v) is 5.93. The van der Waals surface area contributed by atoms with E-state index >= 15 is 0 Å². The number of hydrogen-bond donors (Lipinski definition) is 1. The Balaban J connectivity index is 1.84. The molecule has 8 nitrogen and oxygen atoms in total. The maximum Gasteiger partial charge on any atom is 0.343 e. The summed E-state index contributed by atoms with van der Waals surface area (Å²) in [6.07, 6.45) is 1.68. The highest BCUT2D eigenvalue weighted by Crippen LogP contribution is 2.33. The summed E-state index contributed by atoms with van der Waals surface area (Å²) in [5.74, 6) is 1.01. The first-order valence-electron chi connectivity index (χ1n) is 8.84. The maximum absolute atomic E-state index is 13.0. The molecule has 0 atom stereocenters. The fourth-order valence-electron chi connectivity index (χ4n) is 3.08. The van der Waals surface area contributed by atoms with E-state index in [2.05, 4.69) is 10.3 Å². The summed E-state index contributed by atoms with van der Waals surface area (Å²) >= 11 is 0. The van der Waals surface area contributed by atoms with Gasteiger partial charge in [0.25, 0.3) is 0 Å². The summed E-state index contributed by atoms with van der Waals surface area (Å²) in [5, 5.41) is 6.23. The molecule has 1 aromatic heterocycles. The average molecular weight is 369 g/mol. The number of aromatic nitrogens is 1. The Hall–Kier alpha value is -3.29. The minimum atomic E-state index is -0.299. The molecule has 0 unspecified atom stereocenters. The molecule has 1 aliphatic heterocycles. The van der Waals surface area contributed by atoms with Crippen molar-refractivity contribution in [1.82, 2.24) is 9.99 Å². The minimum Gasteiger partial charge on any atom is -0.497 e. The van der Waals surface area contributed by atoms with Crippen LogP contribution in [0.4, 0.5) is 22.0 Å². The van der Waals surface area contributed by atoms with Gasteiger partial charge in [-0.3, -0.25) is 14.7 Å². The van der Waals surface area contributed by atoms with Crippen molar-refractivity contribution in [2.75, 3.05) is 42.0 Å². The second kappa shape index (κ2) is 7.94. The van der Waals surface area contributed by atoms with Gasteiger partial charge < -0.3 is 10.1 Å². The molecule has 1 aromatic carbocycles. The number of ether oxygens (including phenoxy) is 1. The van der Waals surface area contributed by atoms with Crippen molar-refractivity contribution in [1.29, 1.82) is 0 Å². The van der Waals surface area contributed by atoms with Crippen molar-refractivity contribution in [3.05, 3.63) is 42.6 Å². The highest BCUT2D eigenvalue weighted by molar-refractivity contribution is 6.05. The van der Waals surface area contributed by atoms with Crippen LogP contribution in [-0.4, -0.2) is 48.7 Å². The minimum absolute atomic E-state index is 0.108. The van der Waals surface area contributed by atoms with Crippen LogP contribution >= 0.6 is 0 Å².